The predicted molar refractivity (Wildman–Crippen MR) is 88.7 cm³/mol. The maximum Gasteiger partial charge on any atom is 0.242 e. The van der Waals surface area contributed by atoms with Crippen molar-refractivity contribution in [3.63, 3.8) is 0 Å². The van der Waals surface area contributed by atoms with Crippen LogP contribution in [0.25, 0.3) is 0 Å². The van der Waals surface area contributed by atoms with Gasteiger partial charge in [0.15, 0.2) is 0 Å². The van der Waals surface area contributed by atoms with E-state index in [1.54, 1.807) is 0 Å². The number of fused-ring (bicyclic) bond motifs is 1. The van der Waals surface area contributed by atoms with Gasteiger partial charge < -0.3 is 15.4 Å². The number of amides is 1. The summed E-state index contributed by atoms with van der Waals surface area (Å²) in [5.74, 6) is 0.766. The molecule has 1 aromatic rings. The van der Waals surface area contributed by atoms with Crippen LogP contribution in [0.15, 0.2) is 30.3 Å². The average molecular weight is 314 g/mol. The number of rotatable bonds is 3. The molecule has 3 fully saturated rings. The van der Waals surface area contributed by atoms with E-state index in [1.165, 1.54) is 25.7 Å². The monoisotopic (exact) mass is 314 g/mol. The first-order valence-corrected chi connectivity index (χ1v) is 9.00. The van der Waals surface area contributed by atoms with Gasteiger partial charge in [-0.15, -0.1) is 0 Å². The highest BCUT2D eigenvalue weighted by Gasteiger charge is 2.45. The van der Waals surface area contributed by atoms with Gasteiger partial charge in [0.25, 0.3) is 0 Å². The molecule has 1 aliphatic heterocycles. The van der Waals surface area contributed by atoms with Crippen LogP contribution in [0.1, 0.15) is 50.2 Å². The minimum atomic E-state index is -0.596. The molecule has 4 heteroatoms. The third-order valence-corrected chi connectivity index (χ3v) is 5.56. The van der Waals surface area contributed by atoms with Crippen molar-refractivity contribution in [3.05, 3.63) is 35.9 Å². The molecule has 1 aromatic carbocycles. The quantitative estimate of drug-likeness (QED) is 0.933. The molecule has 3 aliphatic rings. The standard InChI is InChI=1S/C19H26N2O2/c20-17-18(14-6-2-1-3-7-14)23-16-9-5-4-8-15(16)21(19(17)22)12-13-10-11-13/h1-3,6-7,13,15-18H,4-5,8-12,20H2/t15-,16?,17-,18+/m0/s1. The second kappa shape index (κ2) is 6.25. The summed E-state index contributed by atoms with van der Waals surface area (Å²) in [4.78, 5) is 15.1. The lowest BCUT2D eigenvalue weighted by Crippen LogP contribution is -2.51. The zero-order valence-corrected chi connectivity index (χ0v) is 13.6. The SMILES string of the molecule is N[C@@H]1C(=O)N(CC2CC2)[C@H]2CCCCC2O[C@@H]1c1ccccc1. The van der Waals surface area contributed by atoms with Crippen molar-refractivity contribution in [1.29, 1.82) is 0 Å². The fraction of sp³-hybridized carbons (Fsp3) is 0.632. The zero-order valence-electron chi connectivity index (χ0n) is 13.6. The first kappa shape index (κ1) is 15.2. The summed E-state index contributed by atoms with van der Waals surface area (Å²) >= 11 is 0. The minimum absolute atomic E-state index is 0.0835. The van der Waals surface area contributed by atoms with E-state index in [0.717, 1.165) is 24.9 Å². The number of ether oxygens (including phenoxy) is 1. The highest BCUT2D eigenvalue weighted by Crippen LogP contribution is 2.38. The first-order chi connectivity index (χ1) is 11.2. The zero-order chi connectivity index (χ0) is 15.8. The van der Waals surface area contributed by atoms with E-state index in [-0.39, 0.29) is 24.2 Å². The molecule has 23 heavy (non-hydrogen) atoms. The molecule has 1 saturated heterocycles. The topological polar surface area (TPSA) is 55.6 Å². The second-order valence-corrected chi connectivity index (χ2v) is 7.32. The lowest BCUT2D eigenvalue weighted by molar-refractivity contribution is -0.135. The molecular weight excluding hydrogens is 288 g/mol. The first-order valence-electron chi connectivity index (χ1n) is 9.00. The third-order valence-electron chi connectivity index (χ3n) is 5.56. The van der Waals surface area contributed by atoms with Crippen molar-refractivity contribution in [1.82, 2.24) is 4.90 Å². The average Bonchev–Trinajstić information content (AvgIpc) is 3.42. The van der Waals surface area contributed by atoms with Crippen molar-refractivity contribution >= 4 is 5.91 Å². The molecule has 4 nitrogen and oxygen atoms in total. The van der Waals surface area contributed by atoms with E-state index < -0.39 is 6.04 Å². The molecule has 2 saturated carbocycles. The summed E-state index contributed by atoms with van der Waals surface area (Å²) in [5.41, 5.74) is 7.40. The van der Waals surface area contributed by atoms with E-state index in [1.807, 2.05) is 30.3 Å². The summed E-state index contributed by atoms with van der Waals surface area (Å²) in [6.07, 6.45) is 6.77. The lowest BCUT2D eigenvalue weighted by Gasteiger charge is -2.38. The van der Waals surface area contributed by atoms with E-state index in [4.69, 9.17) is 10.5 Å². The van der Waals surface area contributed by atoms with Gasteiger partial charge in [0.05, 0.1) is 12.1 Å². The molecule has 0 aromatic heterocycles. The van der Waals surface area contributed by atoms with Crippen molar-refractivity contribution in [2.24, 2.45) is 11.7 Å². The highest BCUT2D eigenvalue weighted by molar-refractivity contribution is 5.83. The predicted octanol–water partition coefficient (Wildman–Crippen LogP) is 2.63. The van der Waals surface area contributed by atoms with Gasteiger partial charge in [-0.05, 0) is 37.2 Å². The molecule has 1 amide bonds. The van der Waals surface area contributed by atoms with Gasteiger partial charge >= 0.3 is 0 Å². The van der Waals surface area contributed by atoms with Crippen LogP contribution in [0.3, 0.4) is 0 Å². The number of benzene rings is 1. The molecule has 1 heterocycles. The summed E-state index contributed by atoms with van der Waals surface area (Å²) in [6.45, 7) is 0.874. The van der Waals surface area contributed by atoms with E-state index in [9.17, 15) is 4.79 Å². The second-order valence-electron chi connectivity index (χ2n) is 7.32. The van der Waals surface area contributed by atoms with Gasteiger partial charge in [-0.3, -0.25) is 4.79 Å². The van der Waals surface area contributed by atoms with E-state index in [0.29, 0.717) is 5.92 Å². The van der Waals surface area contributed by atoms with Gasteiger partial charge in [-0.25, -0.2) is 0 Å². The van der Waals surface area contributed by atoms with Gasteiger partial charge in [0.1, 0.15) is 12.1 Å². The van der Waals surface area contributed by atoms with Crippen LogP contribution in [0.2, 0.25) is 0 Å². The van der Waals surface area contributed by atoms with Gasteiger partial charge in [0.2, 0.25) is 5.91 Å². The molecule has 2 N–H and O–H groups in total. The summed E-state index contributed by atoms with van der Waals surface area (Å²) in [5, 5.41) is 0. The Morgan fingerprint density at radius 1 is 1.09 bits per heavy atom. The number of carbonyl (C=O) groups is 1. The summed E-state index contributed by atoms with van der Waals surface area (Å²) in [6, 6.07) is 9.62. The molecule has 4 atom stereocenters. The molecule has 1 unspecified atom stereocenters. The van der Waals surface area contributed by atoms with Crippen LogP contribution in [0.4, 0.5) is 0 Å². The van der Waals surface area contributed by atoms with Crippen molar-refractivity contribution in [3.8, 4) is 0 Å². The number of nitrogens with two attached hydrogens (primary N) is 1. The Bertz CT molecular complexity index is 558. The number of hydrogen-bond donors (Lipinski definition) is 1. The third kappa shape index (κ3) is 3.02. The molecule has 124 valence electrons. The van der Waals surface area contributed by atoms with Crippen LogP contribution >= 0.6 is 0 Å². The van der Waals surface area contributed by atoms with Crippen molar-refractivity contribution < 1.29 is 9.53 Å². The maximum absolute atomic E-state index is 13.1. The maximum atomic E-state index is 13.1. The van der Waals surface area contributed by atoms with Crippen LogP contribution in [0.5, 0.6) is 0 Å². The molecule has 0 spiro atoms. The Balaban J connectivity index is 1.65. The fourth-order valence-electron chi connectivity index (χ4n) is 4.08. The summed E-state index contributed by atoms with van der Waals surface area (Å²) in [7, 11) is 0. The normalized spacial score (nSPS) is 34.8. The largest absolute Gasteiger partial charge is 0.366 e. The van der Waals surface area contributed by atoms with Gasteiger partial charge in [0, 0.05) is 6.54 Å². The smallest absolute Gasteiger partial charge is 0.242 e. The van der Waals surface area contributed by atoms with Crippen LogP contribution in [0, 0.1) is 5.92 Å². The number of carbonyl (C=O) groups excluding carboxylic acids is 1. The molecule has 2 aliphatic carbocycles. The molecule has 0 radical (unpaired) electrons. The van der Waals surface area contributed by atoms with Gasteiger partial charge in [-0.1, -0.05) is 43.2 Å². The Morgan fingerprint density at radius 3 is 2.57 bits per heavy atom. The number of hydrogen-bond acceptors (Lipinski definition) is 3. The minimum Gasteiger partial charge on any atom is -0.366 e. The van der Waals surface area contributed by atoms with Crippen LogP contribution < -0.4 is 5.73 Å². The lowest BCUT2D eigenvalue weighted by atomic mass is 9.91. The van der Waals surface area contributed by atoms with Crippen LogP contribution in [-0.4, -0.2) is 35.5 Å². The van der Waals surface area contributed by atoms with Crippen molar-refractivity contribution in [2.75, 3.05) is 6.54 Å². The Labute approximate surface area is 138 Å². The van der Waals surface area contributed by atoms with Crippen LogP contribution in [-0.2, 0) is 9.53 Å². The fourth-order valence-corrected chi connectivity index (χ4v) is 4.08. The molecule has 4 rings (SSSR count). The number of nitrogens with zero attached hydrogens (tertiary/aromatic N) is 1. The highest BCUT2D eigenvalue weighted by atomic mass is 16.5. The van der Waals surface area contributed by atoms with E-state index in [2.05, 4.69) is 4.90 Å². The van der Waals surface area contributed by atoms with Gasteiger partial charge in [-0.2, -0.15) is 0 Å². The Kier molecular flexibility index (Phi) is 4.12. The molecular formula is C19H26N2O2. The van der Waals surface area contributed by atoms with E-state index >= 15 is 0 Å². The van der Waals surface area contributed by atoms with Crippen molar-refractivity contribution in [2.45, 2.75) is 62.8 Å². The summed E-state index contributed by atoms with van der Waals surface area (Å²) < 4.78 is 6.43. The Morgan fingerprint density at radius 2 is 1.83 bits per heavy atom. The molecule has 0 bridgehead atoms. The Hall–Kier alpha value is -1.39.